The first kappa shape index (κ1) is 18.2. The van der Waals surface area contributed by atoms with Crippen LogP contribution in [-0.4, -0.2) is 28.9 Å². The molecule has 0 fully saturated rings. The van der Waals surface area contributed by atoms with Crippen molar-refractivity contribution in [1.29, 1.82) is 0 Å². The second-order valence-corrected chi connectivity index (χ2v) is 6.03. The van der Waals surface area contributed by atoms with E-state index >= 15 is 0 Å². The molecule has 3 nitrogen and oxygen atoms in total. The molecule has 0 saturated carbocycles. The summed E-state index contributed by atoms with van der Waals surface area (Å²) < 4.78 is 5.29. The summed E-state index contributed by atoms with van der Waals surface area (Å²) in [5.41, 5.74) is -0.567. The lowest BCUT2D eigenvalue weighted by Crippen LogP contribution is -2.50. The second-order valence-electron chi connectivity index (χ2n) is 5.66. The Bertz CT molecular complexity index is 216. The van der Waals surface area contributed by atoms with Gasteiger partial charge in [0.25, 0.3) is 0 Å². The highest BCUT2D eigenvalue weighted by Gasteiger charge is 2.27. The van der Waals surface area contributed by atoms with Gasteiger partial charge in [-0.25, -0.2) is 0 Å². The van der Waals surface area contributed by atoms with E-state index in [9.17, 15) is 4.79 Å². The summed E-state index contributed by atoms with van der Waals surface area (Å²) in [6.07, 6.45) is 0. The molecule has 16 heavy (non-hydrogen) atoms. The van der Waals surface area contributed by atoms with Crippen LogP contribution in [0.4, 0.5) is 0 Å². The van der Waals surface area contributed by atoms with E-state index in [4.69, 9.17) is 4.74 Å². The predicted molar refractivity (Wildman–Crippen MR) is 73.1 cm³/mol. The molecule has 0 bridgehead atoms. The van der Waals surface area contributed by atoms with E-state index in [1.54, 1.807) is 0 Å². The van der Waals surface area contributed by atoms with Crippen LogP contribution in [0.5, 0.6) is 0 Å². The van der Waals surface area contributed by atoms with Crippen LogP contribution in [-0.2, 0) is 9.53 Å². The van der Waals surface area contributed by atoms with Crippen LogP contribution < -0.4 is 5.32 Å². The Hall–Kier alpha value is -0.220. The van der Waals surface area contributed by atoms with Crippen molar-refractivity contribution < 1.29 is 9.53 Å². The highest BCUT2D eigenvalue weighted by Crippen LogP contribution is 2.11. The van der Waals surface area contributed by atoms with Crippen LogP contribution >= 0.6 is 12.6 Å². The number of carbonyl (C=O) groups excluding carboxylic acids is 1. The number of hydrogen-bond acceptors (Lipinski definition) is 4. The minimum Gasteiger partial charge on any atom is -0.459 e. The molecule has 1 N–H and O–H groups in total. The zero-order valence-corrected chi connectivity index (χ0v) is 11.4. The maximum Gasteiger partial charge on any atom is 0.324 e. The van der Waals surface area contributed by atoms with Crippen molar-refractivity contribution in [1.82, 2.24) is 5.32 Å². The molecule has 0 radical (unpaired) electrons. The molecule has 0 amide bonds. The van der Waals surface area contributed by atoms with Crippen LogP contribution in [0.15, 0.2) is 0 Å². The molecule has 0 aliphatic heterocycles. The molecule has 0 aliphatic rings. The highest BCUT2D eigenvalue weighted by molar-refractivity contribution is 7.80. The van der Waals surface area contributed by atoms with E-state index in [1.807, 2.05) is 41.5 Å². The number of ether oxygens (including phenoxy) is 1. The number of carbonyl (C=O) groups is 1. The summed E-state index contributed by atoms with van der Waals surface area (Å²) in [6, 6.07) is -0.354. The average molecular weight is 249 g/mol. The van der Waals surface area contributed by atoms with Gasteiger partial charge in [0.15, 0.2) is 0 Å². The van der Waals surface area contributed by atoms with E-state index in [0.717, 1.165) is 0 Å². The van der Waals surface area contributed by atoms with Crippen molar-refractivity contribution >= 4 is 18.6 Å². The molecular weight excluding hydrogens is 222 g/mol. The van der Waals surface area contributed by atoms with Crippen molar-refractivity contribution in [3.63, 3.8) is 0 Å². The highest BCUT2D eigenvalue weighted by atomic mass is 32.1. The molecular formula is C12H27NO2S. The Kier molecular flexibility index (Phi) is 7.37. The lowest BCUT2D eigenvalue weighted by Gasteiger charge is -2.29. The molecule has 0 aromatic rings. The summed E-state index contributed by atoms with van der Waals surface area (Å²) in [5.74, 6) is 0.194. The van der Waals surface area contributed by atoms with Crippen molar-refractivity contribution in [3.05, 3.63) is 0 Å². The standard InChI is InChI=1S/C11H23NO2S.CH4/c1-10(2,3)12-8(7-15)9(13)14-11(4,5)6;/h8,12,15H,7H2,1-6H3;1H4. The van der Waals surface area contributed by atoms with Gasteiger partial charge in [0.2, 0.25) is 0 Å². The summed E-state index contributed by atoms with van der Waals surface area (Å²) in [7, 11) is 0. The molecule has 0 aromatic heterocycles. The molecule has 0 spiro atoms. The fraction of sp³-hybridized carbons (Fsp3) is 0.917. The van der Waals surface area contributed by atoms with Crippen molar-refractivity contribution in [3.8, 4) is 0 Å². The first-order chi connectivity index (χ1) is 6.55. The Morgan fingerprint density at radius 2 is 1.69 bits per heavy atom. The predicted octanol–water partition coefficient (Wildman–Crippen LogP) is 2.65. The Morgan fingerprint density at radius 3 is 1.94 bits per heavy atom. The average Bonchev–Trinajstić information content (AvgIpc) is 1.94. The molecule has 98 valence electrons. The molecule has 1 unspecified atom stereocenters. The van der Waals surface area contributed by atoms with Crippen LogP contribution in [0.3, 0.4) is 0 Å². The second kappa shape index (κ2) is 6.50. The minimum absolute atomic E-state index is 0. The summed E-state index contributed by atoms with van der Waals surface area (Å²) in [6.45, 7) is 11.6. The summed E-state index contributed by atoms with van der Waals surface area (Å²) in [5, 5.41) is 3.18. The zero-order valence-electron chi connectivity index (χ0n) is 10.5. The monoisotopic (exact) mass is 249 g/mol. The third kappa shape index (κ3) is 9.04. The van der Waals surface area contributed by atoms with Gasteiger partial charge in [-0.05, 0) is 41.5 Å². The van der Waals surface area contributed by atoms with Gasteiger partial charge in [-0.15, -0.1) is 0 Å². The van der Waals surface area contributed by atoms with Crippen LogP contribution in [0.2, 0.25) is 0 Å². The van der Waals surface area contributed by atoms with Gasteiger partial charge in [-0.2, -0.15) is 12.6 Å². The van der Waals surface area contributed by atoms with E-state index in [0.29, 0.717) is 5.75 Å². The van der Waals surface area contributed by atoms with Gasteiger partial charge in [0, 0.05) is 11.3 Å². The number of esters is 1. The first-order valence-electron chi connectivity index (χ1n) is 5.16. The van der Waals surface area contributed by atoms with Crippen molar-refractivity contribution in [2.24, 2.45) is 0 Å². The topological polar surface area (TPSA) is 38.3 Å². The van der Waals surface area contributed by atoms with Crippen LogP contribution in [0.1, 0.15) is 49.0 Å². The molecule has 1 atom stereocenters. The quantitative estimate of drug-likeness (QED) is 0.596. The molecule has 4 heteroatoms. The van der Waals surface area contributed by atoms with E-state index < -0.39 is 5.60 Å². The van der Waals surface area contributed by atoms with Crippen molar-refractivity contribution in [2.45, 2.75) is 66.2 Å². The van der Waals surface area contributed by atoms with Gasteiger partial charge >= 0.3 is 5.97 Å². The maximum absolute atomic E-state index is 11.7. The fourth-order valence-corrected chi connectivity index (χ4v) is 1.32. The Balaban J connectivity index is 0. The van der Waals surface area contributed by atoms with E-state index in [1.165, 1.54) is 0 Å². The van der Waals surface area contributed by atoms with Gasteiger partial charge in [0.05, 0.1) is 0 Å². The number of nitrogens with one attached hydrogen (secondary N) is 1. The number of thiol groups is 1. The Labute approximate surface area is 106 Å². The molecule has 0 heterocycles. The van der Waals surface area contributed by atoms with Crippen LogP contribution in [0, 0.1) is 0 Å². The molecule has 0 saturated heterocycles. The van der Waals surface area contributed by atoms with E-state index in [2.05, 4.69) is 17.9 Å². The Morgan fingerprint density at radius 1 is 1.25 bits per heavy atom. The molecule has 0 aromatic carbocycles. The lowest BCUT2D eigenvalue weighted by atomic mass is 10.1. The largest absolute Gasteiger partial charge is 0.459 e. The van der Waals surface area contributed by atoms with Gasteiger partial charge in [0.1, 0.15) is 11.6 Å². The normalized spacial score (nSPS) is 13.9. The maximum atomic E-state index is 11.7. The summed E-state index contributed by atoms with van der Waals surface area (Å²) in [4.78, 5) is 11.7. The van der Waals surface area contributed by atoms with Gasteiger partial charge in [-0.3, -0.25) is 10.1 Å². The smallest absolute Gasteiger partial charge is 0.324 e. The lowest BCUT2D eigenvalue weighted by molar-refractivity contribution is -0.157. The third-order valence-electron chi connectivity index (χ3n) is 1.48. The minimum atomic E-state index is -0.447. The van der Waals surface area contributed by atoms with Gasteiger partial charge in [-0.1, -0.05) is 7.43 Å². The molecule has 0 aliphatic carbocycles. The number of rotatable bonds is 3. The number of hydrogen-bond donors (Lipinski definition) is 2. The SMILES string of the molecule is C.CC(C)(C)NC(CS)C(=O)OC(C)(C)C. The fourth-order valence-electron chi connectivity index (χ4n) is 1.07. The first-order valence-corrected chi connectivity index (χ1v) is 5.80. The zero-order chi connectivity index (χ0) is 12.3. The van der Waals surface area contributed by atoms with Crippen molar-refractivity contribution in [2.75, 3.05) is 5.75 Å². The molecule has 0 rings (SSSR count). The summed E-state index contributed by atoms with van der Waals surface area (Å²) >= 11 is 4.15. The van der Waals surface area contributed by atoms with Crippen LogP contribution in [0.25, 0.3) is 0 Å². The van der Waals surface area contributed by atoms with E-state index in [-0.39, 0.29) is 25.0 Å². The third-order valence-corrected chi connectivity index (χ3v) is 1.85. The van der Waals surface area contributed by atoms with Gasteiger partial charge < -0.3 is 4.74 Å².